The molecule has 1 aliphatic carbocycles. The van der Waals surface area contributed by atoms with Gasteiger partial charge in [-0.2, -0.15) is 10.2 Å². The van der Waals surface area contributed by atoms with Gasteiger partial charge in [0.1, 0.15) is 17.7 Å². The Morgan fingerprint density at radius 2 is 1.38 bits per heavy atom. The lowest BCUT2D eigenvalue weighted by Gasteiger charge is -2.27. The third-order valence-corrected chi connectivity index (χ3v) is 6.55. The predicted octanol–water partition coefficient (Wildman–Crippen LogP) is 7.37. The van der Waals surface area contributed by atoms with E-state index in [0.29, 0.717) is 17.4 Å². The summed E-state index contributed by atoms with van der Waals surface area (Å²) < 4.78 is 6.03. The fourth-order valence-electron chi connectivity index (χ4n) is 4.18. The molecule has 5 heteroatoms. The minimum Gasteiger partial charge on any atom is -0.473 e. The van der Waals surface area contributed by atoms with Crippen molar-refractivity contribution in [3.63, 3.8) is 0 Å². The maximum Gasteiger partial charge on any atom is 0.237 e. The van der Waals surface area contributed by atoms with Gasteiger partial charge in [0.05, 0.1) is 5.69 Å². The molecule has 0 unspecified atom stereocenters. The third-order valence-electron chi connectivity index (χ3n) is 6.55. The van der Waals surface area contributed by atoms with E-state index in [0.717, 1.165) is 31.4 Å². The van der Waals surface area contributed by atoms with Gasteiger partial charge in [0, 0.05) is 14.1 Å². The predicted molar refractivity (Wildman–Crippen MR) is 133 cm³/mol. The van der Waals surface area contributed by atoms with Crippen molar-refractivity contribution in [2.24, 2.45) is 0 Å². The second-order valence-electron chi connectivity index (χ2n) is 9.67. The zero-order chi connectivity index (χ0) is 23.0. The first kappa shape index (κ1) is 26.4. The van der Waals surface area contributed by atoms with Crippen molar-refractivity contribution in [1.29, 1.82) is 5.26 Å². The van der Waals surface area contributed by atoms with Gasteiger partial charge >= 0.3 is 0 Å². The van der Waals surface area contributed by atoms with E-state index >= 15 is 0 Å². The third kappa shape index (κ3) is 9.76. The van der Waals surface area contributed by atoms with Gasteiger partial charge in [-0.1, -0.05) is 90.4 Å². The number of nitriles is 1. The van der Waals surface area contributed by atoms with Crippen molar-refractivity contribution in [2.45, 2.75) is 129 Å². The Morgan fingerprint density at radius 1 is 0.844 bits per heavy atom. The quantitative estimate of drug-likeness (QED) is 0.222. The Labute approximate surface area is 197 Å². The topological polar surface area (TPSA) is 62.0 Å². The van der Waals surface area contributed by atoms with E-state index in [1.54, 1.807) is 0 Å². The molecule has 0 bridgehead atoms. The smallest absolute Gasteiger partial charge is 0.237 e. The molecule has 0 atom stereocenters. The van der Waals surface area contributed by atoms with Crippen LogP contribution in [0, 0.1) is 11.3 Å². The summed E-state index contributed by atoms with van der Waals surface area (Å²) >= 11 is 0. The zero-order valence-corrected chi connectivity index (χ0v) is 21.0. The van der Waals surface area contributed by atoms with Gasteiger partial charge in [-0.3, -0.25) is 0 Å². The molecule has 0 spiro atoms. The van der Waals surface area contributed by atoms with E-state index in [-0.39, 0.29) is 6.10 Å². The molecule has 1 saturated carbocycles. The highest BCUT2D eigenvalue weighted by Crippen LogP contribution is 2.29. The van der Waals surface area contributed by atoms with Crippen LogP contribution in [-0.4, -0.2) is 30.2 Å². The number of nitrogens with zero attached hydrogens (tertiary/aromatic N) is 4. The van der Waals surface area contributed by atoms with Crippen molar-refractivity contribution in [3.05, 3.63) is 11.3 Å². The molecule has 1 fully saturated rings. The van der Waals surface area contributed by atoms with Crippen LogP contribution in [0.4, 0.5) is 5.95 Å². The molecular weight excluding hydrogens is 396 g/mol. The highest BCUT2D eigenvalue weighted by atomic mass is 16.5. The Balaban J connectivity index is 1.63. The molecule has 180 valence electrons. The van der Waals surface area contributed by atoms with Crippen LogP contribution in [-0.2, 0) is 6.42 Å². The fourth-order valence-corrected chi connectivity index (χ4v) is 4.18. The van der Waals surface area contributed by atoms with E-state index in [9.17, 15) is 5.26 Å². The molecule has 2 rings (SSSR count). The molecule has 1 heterocycles. The average Bonchev–Trinajstić information content (AvgIpc) is 2.76. The van der Waals surface area contributed by atoms with Gasteiger partial charge in [0.25, 0.3) is 0 Å². The lowest BCUT2D eigenvalue weighted by Crippen LogP contribution is -2.26. The molecule has 0 N–H and O–H groups in total. The highest BCUT2D eigenvalue weighted by Gasteiger charge is 2.24. The second-order valence-corrected chi connectivity index (χ2v) is 9.67. The SMILES string of the molecule is CCCCCCCCCCCCCCCCc1nc(N(C)C)nc(OC2CCC2)c1C#N. The van der Waals surface area contributed by atoms with Crippen LogP contribution in [0.2, 0.25) is 0 Å². The maximum absolute atomic E-state index is 9.72. The molecule has 5 nitrogen and oxygen atoms in total. The molecule has 0 radical (unpaired) electrons. The Kier molecular flexibility index (Phi) is 13.1. The van der Waals surface area contributed by atoms with Crippen LogP contribution >= 0.6 is 0 Å². The van der Waals surface area contributed by atoms with Crippen LogP contribution in [0.1, 0.15) is 127 Å². The van der Waals surface area contributed by atoms with Gasteiger partial charge in [-0.15, -0.1) is 0 Å². The monoisotopic (exact) mass is 442 g/mol. The first-order valence-corrected chi connectivity index (χ1v) is 13.3. The van der Waals surface area contributed by atoms with Crippen LogP contribution in [0.3, 0.4) is 0 Å². The average molecular weight is 443 g/mol. The Bertz CT molecular complexity index is 679. The Hall–Kier alpha value is -1.83. The van der Waals surface area contributed by atoms with E-state index in [1.165, 1.54) is 89.9 Å². The first-order valence-electron chi connectivity index (χ1n) is 13.3. The lowest BCUT2D eigenvalue weighted by molar-refractivity contribution is 0.114. The number of unbranched alkanes of at least 4 members (excludes halogenated alkanes) is 13. The lowest BCUT2D eigenvalue weighted by atomic mass is 9.96. The van der Waals surface area contributed by atoms with Crippen LogP contribution < -0.4 is 9.64 Å². The van der Waals surface area contributed by atoms with E-state index < -0.39 is 0 Å². The summed E-state index contributed by atoms with van der Waals surface area (Å²) in [6.45, 7) is 2.28. The van der Waals surface area contributed by atoms with E-state index in [2.05, 4.69) is 23.0 Å². The molecule has 0 aliphatic heterocycles. The van der Waals surface area contributed by atoms with E-state index in [1.807, 2.05) is 19.0 Å². The molecule has 0 amide bonds. The summed E-state index contributed by atoms with van der Waals surface area (Å²) in [5.74, 6) is 1.12. The molecule has 32 heavy (non-hydrogen) atoms. The van der Waals surface area contributed by atoms with Crippen molar-refractivity contribution >= 4 is 5.95 Å². The van der Waals surface area contributed by atoms with Gasteiger partial charge < -0.3 is 9.64 Å². The molecule has 0 aromatic carbocycles. The number of ether oxygens (including phenoxy) is 1. The largest absolute Gasteiger partial charge is 0.473 e. The zero-order valence-electron chi connectivity index (χ0n) is 21.0. The summed E-state index contributed by atoms with van der Waals surface area (Å²) in [5, 5.41) is 9.72. The number of hydrogen-bond acceptors (Lipinski definition) is 5. The minimum atomic E-state index is 0.209. The van der Waals surface area contributed by atoms with Crippen molar-refractivity contribution in [2.75, 3.05) is 19.0 Å². The molecular formula is C27H46N4O. The minimum absolute atomic E-state index is 0.209. The van der Waals surface area contributed by atoms with Gasteiger partial charge in [0.15, 0.2) is 0 Å². The molecule has 1 aromatic rings. The van der Waals surface area contributed by atoms with Crippen molar-refractivity contribution in [1.82, 2.24) is 9.97 Å². The Morgan fingerprint density at radius 3 is 1.81 bits per heavy atom. The van der Waals surface area contributed by atoms with Crippen LogP contribution in [0.5, 0.6) is 5.88 Å². The summed E-state index contributed by atoms with van der Waals surface area (Å²) in [7, 11) is 3.87. The van der Waals surface area contributed by atoms with E-state index in [4.69, 9.17) is 4.74 Å². The van der Waals surface area contributed by atoms with Crippen molar-refractivity contribution in [3.8, 4) is 11.9 Å². The molecule has 1 aromatic heterocycles. The summed E-state index contributed by atoms with van der Waals surface area (Å²) in [6.07, 6.45) is 23.2. The van der Waals surface area contributed by atoms with Crippen LogP contribution in [0.25, 0.3) is 0 Å². The number of aryl methyl sites for hydroxylation is 1. The number of aromatic nitrogens is 2. The summed E-state index contributed by atoms with van der Waals surface area (Å²) in [4.78, 5) is 11.1. The maximum atomic E-state index is 9.72. The highest BCUT2D eigenvalue weighted by molar-refractivity contribution is 5.46. The van der Waals surface area contributed by atoms with Crippen LogP contribution in [0.15, 0.2) is 0 Å². The number of hydrogen-bond donors (Lipinski definition) is 0. The van der Waals surface area contributed by atoms with Gasteiger partial charge in [-0.25, -0.2) is 4.98 Å². The van der Waals surface area contributed by atoms with Gasteiger partial charge in [0.2, 0.25) is 11.8 Å². The normalized spacial score (nSPS) is 13.6. The molecule has 1 aliphatic rings. The summed E-state index contributed by atoms with van der Waals surface area (Å²) in [6, 6.07) is 2.31. The van der Waals surface area contributed by atoms with Crippen molar-refractivity contribution < 1.29 is 4.74 Å². The molecule has 0 saturated heterocycles. The number of anilines is 1. The second kappa shape index (κ2) is 15.9. The summed E-state index contributed by atoms with van der Waals surface area (Å²) in [5.41, 5.74) is 1.39. The fraction of sp³-hybridized carbons (Fsp3) is 0.815. The standard InChI is InChI=1S/C27H46N4O/c1-4-5-6-7-8-9-10-11-12-13-14-15-16-17-21-25-24(22-28)26(32-23-19-18-20-23)30-27(29-25)31(2)3/h23H,4-21H2,1-3H3. The first-order chi connectivity index (χ1) is 15.7. The number of rotatable bonds is 18. The van der Waals surface area contributed by atoms with Gasteiger partial charge in [-0.05, 0) is 32.1 Å².